The number of aromatic nitrogens is 1. The second-order valence-electron chi connectivity index (χ2n) is 4.98. The first-order valence-corrected chi connectivity index (χ1v) is 8.45. The van der Waals surface area contributed by atoms with E-state index in [-0.39, 0.29) is 4.90 Å². The number of pyridine rings is 1. The van der Waals surface area contributed by atoms with Crippen molar-refractivity contribution in [2.24, 2.45) is 5.73 Å². The Bertz CT molecular complexity index is 729. The van der Waals surface area contributed by atoms with E-state index < -0.39 is 9.84 Å². The van der Waals surface area contributed by atoms with Crippen LogP contribution in [0.5, 0.6) is 0 Å². The van der Waals surface area contributed by atoms with Crippen LogP contribution in [-0.2, 0) is 22.9 Å². The van der Waals surface area contributed by atoms with Crippen molar-refractivity contribution in [3.05, 3.63) is 53.7 Å². The van der Waals surface area contributed by atoms with Crippen LogP contribution in [0.15, 0.2) is 47.5 Å². The minimum atomic E-state index is -3.31. The van der Waals surface area contributed by atoms with Crippen LogP contribution in [0, 0.1) is 0 Å². The van der Waals surface area contributed by atoms with Gasteiger partial charge in [-0.1, -0.05) is 24.3 Å². The molecular weight excluding hydrogens is 286 g/mol. The second kappa shape index (κ2) is 6.24. The molecule has 5 nitrogen and oxygen atoms in total. The summed E-state index contributed by atoms with van der Waals surface area (Å²) >= 11 is 0. The zero-order valence-corrected chi connectivity index (χ0v) is 13.0. The lowest BCUT2D eigenvalue weighted by Gasteiger charge is -2.20. The molecular formula is C15H19N3O2S. The van der Waals surface area contributed by atoms with Gasteiger partial charge in [0.2, 0.25) is 0 Å². The fraction of sp³-hybridized carbons (Fsp3) is 0.267. The standard InChI is InChI=1S/C15H19N3O2S/c1-18(11-13-6-3-5-12(9-13)10-16)15-14(21(2,19)20)7-4-8-17-15/h3-9H,10-11,16H2,1-2H3. The molecule has 0 aliphatic carbocycles. The number of benzene rings is 1. The molecule has 2 rings (SSSR count). The zero-order chi connectivity index (χ0) is 15.5. The maximum absolute atomic E-state index is 11.8. The first kappa shape index (κ1) is 15.5. The van der Waals surface area contributed by atoms with E-state index in [2.05, 4.69) is 4.98 Å². The van der Waals surface area contributed by atoms with E-state index in [1.807, 2.05) is 36.2 Å². The van der Waals surface area contributed by atoms with Crippen molar-refractivity contribution < 1.29 is 8.42 Å². The fourth-order valence-corrected chi connectivity index (χ4v) is 3.03. The van der Waals surface area contributed by atoms with Crippen LogP contribution in [0.4, 0.5) is 5.82 Å². The van der Waals surface area contributed by atoms with E-state index in [0.717, 1.165) is 11.1 Å². The number of hydrogen-bond acceptors (Lipinski definition) is 5. The Morgan fingerprint density at radius 1 is 1.19 bits per heavy atom. The zero-order valence-electron chi connectivity index (χ0n) is 12.2. The summed E-state index contributed by atoms with van der Waals surface area (Å²) in [6.07, 6.45) is 2.78. The van der Waals surface area contributed by atoms with Crippen LogP contribution in [0.2, 0.25) is 0 Å². The van der Waals surface area contributed by atoms with Gasteiger partial charge in [0.05, 0.1) is 0 Å². The molecule has 1 aromatic carbocycles. The molecule has 0 bridgehead atoms. The van der Waals surface area contributed by atoms with Crippen molar-refractivity contribution in [3.63, 3.8) is 0 Å². The monoisotopic (exact) mass is 305 g/mol. The Morgan fingerprint density at radius 2 is 1.90 bits per heavy atom. The second-order valence-corrected chi connectivity index (χ2v) is 6.96. The molecule has 21 heavy (non-hydrogen) atoms. The van der Waals surface area contributed by atoms with Crippen LogP contribution in [0.3, 0.4) is 0 Å². The SMILES string of the molecule is CN(Cc1cccc(CN)c1)c1ncccc1S(C)(=O)=O. The normalized spacial score (nSPS) is 11.4. The van der Waals surface area contributed by atoms with Crippen LogP contribution in [0.25, 0.3) is 0 Å². The predicted molar refractivity (Wildman–Crippen MR) is 83.8 cm³/mol. The molecule has 1 aromatic heterocycles. The molecule has 0 aliphatic rings. The van der Waals surface area contributed by atoms with E-state index in [9.17, 15) is 8.42 Å². The summed E-state index contributed by atoms with van der Waals surface area (Å²) in [5, 5.41) is 0. The molecule has 0 amide bonds. The number of rotatable bonds is 5. The van der Waals surface area contributed by atoms with Gasteiger partial charge in [0.1, 0.15) is 10.7 Å². The molecule has 0 fully saturated rings. The molecule has 2 aromatic rings. The number of hydrogen-bond donors (Lipinski definition) is 1. The van der Waals surface area contributed by atoms with Gasteiger partial charge in [0.25, 0.3) is 0 Å². The highest BCUT2D eigenvalue weighted by Gasteiger charge is 2.17. The minimum Gasteiger partial charge on any atom is -0.354 e. The Kier molecular flexibility index (Phi) is 4.59. The summed E-state index contributed by atoms with van der Waals surface area (Å²) in [4.78, 5) is 6.27. The summed E-state index contributed by atoms with van der Waals surface area (Å²) in [6.45, 7) is 1.04. The molecule has 0 saturated carbocycles. The van der Waals surface area contributed by atoms with Gasteiger partial charge < -0.3 is 10.6 Å². The van der Waals surface area contributed by atoms with E-state index in [1.165, 1.54) is 6.26 Å². The van der Waals surface area contributed by atoms with Gasteiger partial charge in [-0.2, -0.15) is 0 Å². The number of anilines is 1. The van der Waals surface area contributed by atoms with Gasteiger partial charge in [0, 0.05) is 32.6 Å². The summed E-state index contributed by atoms with van der Waals surface area (Å²) in [7, 11) is -1.48. The Hall–Kier alpha value is -1.92. The van der Waals surface area contributed by atoms with Crippen molar-refractivity contribution in [3.8, 4) is 0 Å². The lowest BCUT2D eigenvalue weighted by atomic mass is 10.1. The van der Waals surface area contributed by atoms with Gasteiger partial charge >= 0.3 is 0 Å². The Morgan fingerprint density at radius 3 is 2.57 bits per heavy atom. The summed E-state index contributed by atoms with van der Waals surface area (Å²) < 4.78 is 23.7. The average molecular weight is 305 g/mol. The minimum absolute atomic E-state index is 0.238. The van der Waals surface area contributed by atoms with Gasteiger partial charge in [-0.15, -0.1) is 0 Å². The third kappa shape index (κ3) is 3.80. The molecule has 112 valence electrons. The number of sulfone groups is 1. The highest BCUT2D eigenvalue weighted by Crippen LogP contribution is 2.22. The van der Waals surface area contributed by atoms with Crippen molar-refractivity contribution in [2.75, 3.05) is 18.2 Å². The molecule has 6 heteroatoms. The van der Waals surface area contributed by atoms with Crippen molar-refractivity contribution in [1.29, 1.82) is 0 Å². The van der Waals surface area contributed by atoms with Crippen molar-refractivity contribution >= 4 is 15.7 Å². The van der Waals surface area contributed by atoms with E-state index >= 15 is 0 Å². The number of nitrogens with zero attached hydrogens (tertiary/aromatic N) is 2. The summed E-state index contributed by atoms with van der Waals surface area (Å²) in [5.74, 6) is 0.457. The van der Waals surface area contributed by atoms with Gasteiger partial charge in [-0.05, 0) is 23.3 Å². The summed E-state index contributed by atoms with van der Waals surface area (Å²) in [5.41, 5.74) is 7.74. The van der Waals surface area contributed by atoms with Crippen LogP contribution >= 0.6 is 0 Å². The first-order chi connectivity index (χ1) is 9.91. The molecule has 0 saturated heterocycles. The summed E-state index contributed by atoms with van der Waals surface area (Å²) in [6, 6.07) is 11.1. The first-order valence-electron chi connectivity index (χ1n) is 6.56. The molecule has 2 N–H and O–H groups in total. The molecule has 0 radical (unpaired) electrons. The van der Waals surface area contributed by atoms with Crippen LogP contribution in [0.1, 0.15) is 11.1 Å². The van der Waals surface area contributed by atoms with Crippen molar-refractivity contribution in [2.45, 2.75) is 18.0 Å². The smallest absolute Gasteiger partial charge is 0.179 e. The Balaban J connectivity index is 2.30. The van der Waals surface area contributed by atoms with E-state index in [0.29, 0.717) is 18.9 Å². The third-order valence-electron chi connectivity index (χ3n) is 3.16. The fourth-order valence-electron chi connectivity index (χ4n) is 2.16. The van der Waals surface area contributed by atoms with Crippen LogP contribution < -0.4 is 10.6 Å². The highest BCUT2D eigenvalue weighted by molar-refractivity contribution is 7.90. The molecule has 0 atom stereocenters. The lowest BCUT2D eigenvalue weighted by Crippen LogP contribution is -2.20. The molecule has 0 unspecified atom stereocenters. The van der Waals surface area contributed by atoms with Gasteiger partial charge in [0.15, 0.2) is 9.84 Å². The van der Waals surface area contributed by atoms with Gasteiger partial charge in [-0.25, -0.2) is 13.4 Å². The third-order valence-corrected chi connectivity index (χ3v) is 4.28. The predicted octanol–water partition coefficient (Wildman–Crippen LogP) is 1.58. The van der Waals surface area contributed by atoms with E-state index in [1.54, 1.807) is 18.3 Å². The molecule has 0 aliphatic heterocycles. The van der Waals surface area contributed by atoms with Crippen LogP contribution in [-0.4, -0.2) is 26.7 Å². The number of nitrogens with two attached hydrogens (primary N) is 1. The van der Waals surface area contributed by atoms with E-state index in [4.69, 9.17) is 5.73 Å². The Labute approximate surface area is 125 Å². The highest BCUT2D eigenvalue weighted by atomic mass is 32.2. The van der Waals surface area contributed by atoms with Crippen molar-refractivity contribution in [1.82, 2.24) is 4.98 Å². The quantitative estimate of drug-likeness (QED) is 0.907. The maximum atomic E-state index is 11.8. The lowest BCUT2D eigenvalue weighted by molar-refractivity contribution is 0.601. The largest absolute Gasteiger partial charge is 0.354 e. The average Bonchev–Trinajstić information content (AvgIpc) is 2.46. The topological polar surface area (TPSA) is 76.3 Å². The molecule has 0 spiro atoms. The molecule has 1 heterocycles. The maximum Gasteiger partial charge on any atom is 0.179 e. The van der Waals surface area contributed by atoms with Gasteiger partial charge in [-0.3, -0.25) is 0 Å².